The van der Waals surface area contributed by atoms with Gasteiger partial charge in [0.15, 0.2) is 0 Å². The molecule has 2 amide bonds. The van der Waals surface area contributed by atoms with Crippen LogP contribution in [0.2, 0.25) is 0 Å². The van der Waals surface area contributed by atoms with E-state index in [2.05, 4.69) is 36.2 Å². The Morgan fingerprint density at radius 1 is 1.17 bits per heavy atom. The molecule has 1 aliphatic rings. The van der Waals surface area contributed by atoms with Crippen molar-refractivity contribution in [2.24, 2.45) is 11.3 Å². The number of hydrogen-bond donors (Lipinski definition) is 2. The van der Waals surface area contributed by atoms with E-state index >= 15 is 0 Å². The molecule has 2 rings (SSSR count). The van der Waals surface area contributed by atoms with Crippen LogP contribution in [-0.2, 0) is 14.4 Å². The van der Waals surface area contributed by atoms with Crippen molar-refractivity contribution in [3.63, 3.8) is 0 Å². The minimum atomic E-state index is -1.01. The number of amides is 2. The molecule has 1 saturated heterocycles. The molecule has 1 aliphatic heterocycles. The number of likely N-dealkylation sites (N-methyl/N-ethyl adjacent to an activating group) is 2. The molecule has 2 N–H and O–H groups in total. The van der Waals surface area contributed by atoms with E-state index in [1.807, 2.05) is 59.9 Å². The van der Waals surface area contributed by atoms with Crippen molar-refractivity contribution in [1.29, 1.82) is 0 Å². The SMILES string of the molecule is C/C(=C\[C@H](C(C)C)N(C)C(=O)[C@@H](NC(=O)[C@H]1N(C)[C@@H](c2ccccc2)SC1(C)C)C(C)(C)C)C(=O)O. The fourth-order valence-corrected chi connectivity index (χ4v) is 6.34. The third kappa shape index (κ3) is 6.71. The Hall–Kier alpha value is -2.32. The lowest BCUT2D eigenvalue weighted by molar-refractivity contribution is -0.141. The number of carbonyl (C=O) groups is 3. The third-order valence-corrected chi connectivity index (χ3v) is 8.48. The zero-order valence-corrected chi connectivity index (χ0v) is 24.1. The van der Waals surface area contributed by atoms with Gasteiger partial charge in [0, 0.05) is 17.4 Å². The lowest BCUT2D eigenvalue weighted by atomic mass is 9.84. The van der Waals surface area contributed by atoms with Gasteiger partial charge in [-0.1, -0.05) is 71.0 Å². The van der Waals surface area contributed by atoms with E-state index in [-0.39, 0.29) is 33.4 Å². The predicted molar refractivity (Wildman–Crippen MR) is 147 cm³/mol. The van der Waals surface area contributed by atoms with Crippen molar-refractivity contribution in [3.05, 3.63) is 47.5 Å². The van der Waals surface area contributed by atoms with Gasteiger partial charge in [-0.15, -0.1) is 11.8 Å². The summed E-state index contributed by atoms with van der Waals surface area (Å²) in [6.45, 7) is 15.3. The summed E-state index contributed by atoms with van der Waals surface area (Å²) in [6, 6.07) is 8.48. The summed E-state index contributed by atoms with van der Waals surface area (Å²) in [4.78, 5) is 42.6. The summed E-state index contributed by atoms with van der Waals surface area (Å²) in [5.74, 6) is -1.45. The quantitative estimate of drug-likeness (QED) is 0.492. The van der Waals surface area contributed by atoms with Crippen molar-refractivity contribution in [2.45, 2.75) is 83.6 Å². The number of nitrogens with one attached hydrogen (secondary N) is 1. The molecule has 1 heterocycles. The molecule has 0 spiro atoms. The fourth-order valence-electron chi connectivity index (χ4n) is 4.78. The van der Waals surface area contributed by atoms with E-state index in [0.29, 0.717) is 0 Å². The molecule has 1 fully saturated rings. The van der Waals surface area contributed by atoms with Crippen LogP contribution in [0.4, 0.5) is 0 Å². The van der Waals surface area contributed by atoms with Crippen molar-refractivity contribution >= 4 is 29.5 Å². The first-order chi connectivity index (χ1) is 16.5. The molecule has 0 saturated carbocycles. The molecule has 0 bridgehead atoms. The maximum absolute atomic E-state index is 13.8. The van der Waals surface area contributed by atoms with Gasteiger partial charge in [-0.25, -0.2) is 4.79 Å². The maximum atomic E-state index is 13.8. The van der Waals surface area contributed by atoms with Crippen LogP contribution >= 0.6 is 11.8 Å². The van der Waals surface area contributed by atoms with E-state index in [4.69, 9.17) is 0 Å². The van der Waals surface area contributed by atoms with Gasteiger partial charge in [-0.05, 0) is 44.7 Å². The minimum Gasteiger partial charge on any atom is -0.478 e. The number of benzene rings is 1. The summed E-state index contributed by atoms with van der Waals surface area (Å²) in [5.41, 5.74) is 0.765. The number of carbonyl (C=O) groups excluding carboxylic acids is 2. The van der Waals surface area contributed by atoms with Crippen LogP contribution in [0.15, 0.2) is 42.0 Å². The van der Waals surface area contributed by atoms with Gasteiger partial charge in [0.1, 0.15) is 12.1 Å². The summed E-state index contributed by atoms with van der Waals surface area (Å²) in [6.07, 6.45) is 1.61. The molecule has 7 nitrogen and oxygen atoms in total. The third-order valence-electron chi connectivity index (χ3n) is 6.82. The zero-order valence-electron chi connectivity index (χ0n) is 23.3. The van der Waals surface area contributed by atoms with Crippen molar-refractivity contribution in [2.75, 3.05) is 14.1 Å². The molecular weight excluding hydrogens is 474 g/mol. The molecule has 0 unspecified atom stereocenters. The van der Waals surface area contributed by atoms with Gasteiger partial charge in [0.2, 0.25) is 11.8 Å². The predicted octanol–water partition coefficient (Wildman–Crippen LogP) is 4.56. The average molecular weight is 518 g/mol. The van der Waals surface area contributed by atoms with E-state index in [1.165, 1.54) is 6.92 Å². The summed E-state index contributed by atoms with van der Waals surface area (Å²) in [7, 11) is 3.63. The molecular formula is C28H43N3O4S. The first kappa shape index (κ1) is 29.9. The van der Waals surface area contributed by atoms with Crippen molar-refractivity contribution < 1.29 is 19.5 Å². The van der Waals surface area contributed by atoms with Gasteiger partial charge in [0.25, 0.3) is 0 Å². The molecule has 200 valence electrons. The topological polar surface area (TPSA) is 90.0 Å². The van der Waals surface area contributed by atoms with E-state index in [0.717, 1.165) is 5.56 Å². The standard InChI is InChI=1S/C28H43N3O4S/c1-17(2)20(16-18(3)26(34)35)30(9)24(33)21(27(4,5)6)29-23(32)22-28(7,8)36-25(31(22)10)19-14-12-11-13-15-19/h11-17,20-22,25H,1-10H3,(H,29,32)(H,34,35)/b18-16+/t20-,21-,22-,25-/m1/s1. The highest BCUT2D eigenvalue weighted by molar-refractivity contribution is 8.01. The molecule has 0 radical (unpaired) electrons. The monoisotopic (exact) mass is 517 g/mol. The van der Waals surface area contributed by atoms with Crippen molar-refractivity contribution in [3.8, 4) is 0 Å². The van der Waals surface area contributed by atoms with Crippen LogP contribution < -0.4 is 5.32 Å². The van der Waals surface area contributed by atoms with Crippen LogP contribution in [0.25, 0.3) is 0 Å². The van der Waals surface area contributed by atoms with Crippen molar-refractivity contribution in [1.82, 2.24) is 15.1 Å². The summed E-state index contributed by atoms with van der Waals surface area (Å²) in [5, 5.41) is 12.5. The Labute approximate surface area is 220 Å². The van der Waals surface area contributed by atoms with Gasteiger partial charge in [0.05, 0.1) is 11.4 Å². The minimum absolute atomic E-state index is 0.00695. The van der Waals surface area contributed by atoms with E-state index in [9.17, 15) is 19.5 Å². The summed E-state index contributed by atoms with van der Waals surface area (Å²) < 4.78 is -0.376. The van der Waals surface area contributed by atoms with Gasteiger partial charge >= 0.3 is 5.97 Å². The first-order valence-corrected chi connectivity index (χ1v) is 13.3. The van der Waals surface area contributed by atoms with Gasteiger partial charge in [-0.3, -0.25) is 14.5 Å². The molecule has 0 aliphatic carbocycles. The van der Waals surface area contributed by atoms with Crippen LogP contribution in [-0.4, -0.2) is 69.7 Å². The molecule has 8 heteroatoms. The number of aliphatic carboxylic acids is 1. The molecule has 4 atom stereocenters. The number of carboxylic acids is 1. The zero-order chi connectivity index (χ0) is 27.6. The van der Waals surface area contributed by atoms with Crippen LogP contribution in [0.5, 0.6) is 0 Å². The van der Waals surface area contributed by atoms with Gasteiger partial charge < -0.3 is 15.3 Å². The van der Waals surface area contributed by atoms with E-state index < -0.39 is 29.5 Å². The number of carboxylic acid groups (broad SMARTS) is 1. The number of rotatable bonds is 8. The Morgan fingerprint density at radius 3 is 2.19 bits per heavy atom. The Bertz CT molecular complexity index is 984. The highest BCUT2D eigenvalue weighted by Gasteiger charge is 2.51. The molecule has 1 aromatic carbocycles. The molecule has 0 aromatic heterocycles. The molecule has 1 aromatic rings. The van der Waals surface area contributed by atoms with Crippen LogP contribution in [0.1, 0.15) is 66.3 Å². The Morgan fingerprint density at radius 2 is 1.72 bits per heavy atom. The lowest BCUT2D eigenvalue weighted by Gasteiger charge is -2.39. The normalized spacial score (nSPS) is 22.2. The fraction of sp³-hybridized carbons (Fsp3) is 0.607. The number of hydrogen-bond acceptors (Lipinski definition) is 5. The average Bonchev–Trinajstić information content (AvgIpc) is 3.02. The Balaban J connectivity index is 2.34. The maximum Gasteiger partial charge on any atom is 0.331 e. The second-order valence-corrected chi connectivity index (χ2v) is 13.4. The highest BCUT2D eigenvalue weighted by Crippen LogP contribution is 2.51. The lowest BCUT2D eigenvalue weighted by Crippen LogP contribution is -2.60. The Kier molecular flexibility index (Phi) is 9.46. The largest absolute Gasteiger partial charge is 0.478 e. The molecule has 36 heavy (non-hydrogen) atoms. The number of nitrogens with zero attached hydrogens (tertiary/aromatic N) is 2. The second-order valence-electron chi connectivity index (χ2n) is 11.7. The smallest absolute Gasteiger partial charge is 0.331 e. The van der Waals surface area contributed by atoms with E-state index in [1.54, 1.807) is 29.8 Å². The van der Waals surface area contributed by atoms with Crippen LogP contribution in [0, 0.1) is 11.3 Å². The summed E-state index contributed by atoms with van der Waals surface area (Å²) >= 11 is 1.74. The second kappa shape index (κ2) is 11.4. The number of thioether (sulfide) groups is 1. The highest BCUT2D eigenvalue weighted by atomic mass is 32.2. The first-order valence-electron chi connectivity index (χ1n) is 12.4. The van der Waals surface area contributed by atoms with Gasteiger partial charge in [-0.2, -0.15) is 0 Å². The van der Waals surface area contributed by atoms with Crippen LogP contribution in [0.3, 0.4) is 0 Å².